The van der Waals surface area contributed by atoms with Gasteiger partial charge in [-0.25, -0.2) is 4.39 Å². The molecule has 2 N–H and O–H groups in total. The van der Waals surface area contributed by atoms with E-state index in [2.05, 4.69) is 13.8 Å². The SMILES string of the molecule is CC(C)C(CN)c1cc(F)c2c(c1)COCO2. The summed E-state index contributed by atoms with van der Waals surface area (Å²) in [6.45, 7) is 5.20. The summed E-state index contributed by atoms with van der Waals surface area (Å²) >= 11 is 0. The summed E-state index contributed by atoms with van der Waals surface area (Å²) < 4.78 is 24.2. The number of nitrogens with two attached hydrogens (primary N) is 1. The van der Waals surface area contributed by atoms with Crippen LogP contribution in [0, 0.1) is 11.7 Å². The minimum Gasteiger partial charge on any atom is -0.464 e. The first-order valence-electron chi connectivity index (χ1n) is 5.86. The van der Waals surface area contributed by atoms with E-state index in [0.29, 0.717) is 24.8 Å². The van der Waals surface area contributed by atoms with Gasteiger partial charge in [-0.1, -0.05) is 13.8 Å². The zero-order valence-corrected chi connectivity index (χ0v) is 10.2. The molecule has 2 rings (SSSR count). The van der Waals surface area contributed by atoms with E-state index in [1.807, 2.05) is 6.07 Å². The van der Waals surface area contributed by atoms with Crippen LogP contribution < -0.4 is 10.5 Å². The van der Waals surface area contributed by atoms with Gasteiger partial charge in [0.15, 0.2) is 18.4 Å². The zero-order valence-electron chi connectivity index (χ0n) is 10.2. The predicted molar refractivity (Wildman–Crippen MR) is 63.3 cm³/mol. The van der Waals surface area contributed by atoms with Gasteiger partial charge in [0.1, 0.15) is 0 Å². The first kappa shape index (κ1) is 12.3. The Hall–Kier alpha value is -1.13. The summed E-state index contributed by atoms with van der Waals surface area (Å²) in [4.78, 5) is 0. The molecule has 1 aliphatic rings. The van der Waals surface area contributed by atoms with Crippen molar-refractivity contribution in [1.29, 1.82) is 0 Å². The van der Waals surface area contributed by atoms with E-state index >= 15 is 0 Å². The lowest BCUT2D eigenvalue weighted by molar-refractivity contribution is -0.0191. The van der Waals surface area contributed by atoms with Crippen LogP contribution in [0.4, 0.5) is 4.39 Å². The van der Waals surface area contributed by atoms with Crippen LogP contribution in [0.5, 0.6) is 5.75 Å². The first-order valence-corrected chi connectivity index (χ1v) is 5.86. The Balaban J connectivity index is 2.39. The largest absolute Gasteiger partial charge is 0.464 e. The van der Waals surface area contributed by atoms with Gasteiger partial charge in [0.25, 0.3) is 0 Å². The number of fused-ring (bicyclic) bond motifs is 1. The highest BCUT2D eigenvalue weighted by molar-refractivity contribution is 5.40. The fourth-order valence-corrected chi connectivity index (χ4v) is 2.20. The smallest absolute Gasteiger partial charge is 0.189 e. The van der Waals surface area contributed by atoms with Crippen LogP contribution in [0.1, 0.15) is 30.9 Å². The molecule has 1 aromatic carbocycles. The van der Waals surface area contributed by atoms with Gasteiger partial charge >= 0.3 is 0 Å². The highest BCUT2D eigenvalue weighted by atomic mass is 19.1. The molecule has 4 heteroatoms. The van der Waals surface area contributed by atoms with E-state index in [-0.39, 0.29) is 18.5 Å². The van der Waals surface area contributed by atoms with Crippen LogP contribution in [0.25, 0.3) is 0 Å². The number of ether oxygens (including phenoxy) is 2. The highest BCUT2D eigenvalue weighted by Crippen LogP contribution is 2.33. The first-order chi connectivity index (χ1) is 8.13. The number of rotatable bonds is 3. The molecule has 0 aliphatic carbocycles. The Labute approximate surface area is 101 Å². The standard InChI is InChI=1S/C13H18FNO2/c1-8(2)11(5-15)9-3-10-6-16-7-17-13(10)12(14)4-9/h3-4,8,11H,5-7,15H2,1-2H3. The van der Waals surface area contributed by atoms with Crippen molar-refractivity contribution in [1.82, 2.24) is 0 Å². The van der Waals surface area contributed by atoms with Gasteiger partial charge in [-0.05, 0) is 36.1 Å². The molecule has 0 radical (unpaired) electrons. The Morgan fingerprint density at radius 1 is 1.41 bits per heavy atom. The Kier molecular flexibility index (Phi) is 3.64. The van der Waals surface area contributed by atoms with Crippen LogP contribution in [0.2, 0.25) is 0 Å². The Morgan fingerprint density at radius 2 is 2.18 bits per heavy atom. The van der Waals surface area contributed by atoms with Crippen molar-refractivity contribution in [3.8, 4) is 5.75 Å². The third-order valence-electron chi connectivity index (χ3n) is 3.17. The second kappa shape index (κ2) is 5.02. The lowest BCUT2D eigenvalue weighted by Gasteiger charge is -2.23. The number of benzene rings is 1. The van der Waals surface area contributed by atoms with Crippen LogP contribution in [0.3, 0.4) is 0 Å². The van der Waals surface area contributed by atoms with Gasteiger partial charge in [-0.2, -0.15) is 0 Å². The average Bonchev–Trinajstić information content (AvgIpc) is 2.29. The Morgan fingerprint density at radius 3 is 2.82 bits per heavy atom. The van der Waals surface area contributed by atoms with Crippen LogP contribution >= 0.6 is 0 Å². The van der Waals surface area contributed by atoms with Crippen molar-refractivity contribution < 1.29 is 13.9 Å². The molecule has 0 fully saturated rings. The minimum atomic E-state index is -0.320. The fraction of sp³-hybridized carbons (Fsp3) is 0.538. The molecule has 1 aliphatic heterocycles. The summed E-state index contributed by atoms with van der Waals surface area (Å²) in [5, 5.41) is 0. The molecule has 0 amide bonds. The normalized spacial score (nSPS) is 16.5. The quantitative estimate of drug-likeness (QED) is 0.880. The van der Waals surface area contributed by atoms with E-state index in [1.54, 1.807) is 0 Å². The lowest BCUT2D eigenvalue weighted by Crippen LogP contribution is -2.19. The van der Waals surface area contributed by atoms with E-state index in [4.69, 9.17) is 15.2 Å². The topological polar surface area (TPSA) is 44.5 Å². The van der Waals surface area contributed by atoms with Gasteiger partial charge in [-0.3, -0.25) is 0 Å². The molecule has 0 saturated carbocycles. The fourth-order valence-electron chi connectivity index (χ4n) is 2.20. The average molecular weight is 239 g/mol. The second-order valence-electron chi connectivity index (χ2n) is 4.69. The van der Waals surface area contributed by atoms with Crippen LogP contribution in [0.15, 0.2) is 12.1 Å². The number of halogens is 1. The van der Waals surface area contributed by atoms with Gasteiger partial charge < -0.3 is 15.2 Å². The molecule has 1 heterocycles. The summed E-state index contributed by atoms with van der Waals surface area (Å²) in [5.41, 5.74) is 7.44. The van der Waals surface area contributed by atoms with Gasteiger partial charge in [0.2, 0.25) is 0 Å². The summed E-state index contributed by atoms with van der Waals surface area (Å²) in [6, 6.07) is 3.47. The van der Waals surface area contributed by atoms with Gasteiger partial charge in [0, 0.05) is 5.56 Å². The molecule has 0 saturated heterocycles. The van der Waals surface area contributed by atoms with Crippen molar-refractivity contribution in [2.45, 2.75) is 26.4 Å². The second-order valence-corrected chi connectivity index (χ2v) is 4.69. The molecule has 1 atom stereocenters. The predicted octanol–water partition coefficient (Wildman–Crippen LogP) is 2.39. The summed E-state index contributed by atoms with van der Waals surface area (Å²) in [5.74, 6) is 0.541. The molecule has 94 valence electrons. The van der Waals surface area contributed by atoms with E-state index in [1.165, 1.54) is 6.07 Å². The number of hydrogen-bond acceptors (Lipinski definition) is 3. The van der Waals surface area contributed by atoms with Crippen molar-refractivity contribution in [2.24, 2.45) is 11.7 Å². The van der Waals surface area contributed by atoms with Crippen LogP contribution in [-0.4, -0.2) is 13.3 Å². The molecule has 17 heavy (non-hydrogen) atoms. The lowest BCUT2D eigenvalue weighted by atomic mass is 9.87. The van der Waals surface area contributed by atoms with E-state index in [9.17, 15) is 4.39 Å². The molecule has 1 unspecified atom stereocenters. The maximum Gasteiger partial charge on any atom is 0.189 e. The maximum absolute atomic E-state index is 13.9. The molecular formula is C13H18FNO2. The molecule has 0 bridgehead atoms. The minimum absolute atomic E-state index is 0.119. The van der Waals surface area contributed by atoms with Gasteiger partial charge in [0.05, 0.1) is 6.61 Å². The molecular weight excluding hydrogens is 221 g/mol. The van der Waals surface area contributed by atoms with Crippen molar-refractivity contribution in [3.05, 3.63) is 29.1 Å². The monoisotopic (exact) mass is 239 g/mol. The summed E-state index contributed by atoms with van der Waals surface area (Å²) in [6.07, 6.45) is 0. The molecule has 1 aromatic rings. The third kappa shape index (κ3) is 2.42. The molecule has 3 nitrogen and oxygen atoms in total. The zero-order chi connectivity index (χ0) is 12.4. The van der Waals surface area contributed by atoms with Crippen molar-refractivity contribution >= 4 is 0 Å². The summed E-state index contributed by atoms with van der Waals surface area (Å²) in [7, 11) is 0. The number of hydrogen-bond donors (Lipinski definition) is 1. The van der Waals surface area contributed by atoms with E-state index < -0.39 is 0 Å². The van der Waals surface area contributed by atoms with Crippen molar-refractivity contribution in [2.75, 3.05) is 13.3 Å². The maximum atomic E-state index is 13.9. The highest BCUT2D eigenvalue weighted by Gasteiger charge is 2.21. The molecule has 0 spiro atoms. The van der Waals surface area contributed by atoms with E-state index in [0.717, 1.165) is 11.1 Å². The molecule has 0 aromatic heterocycles. The Bertz CT molecular complexity index is 407. The van der Waals surface area contributed by atoms with Crippen LogP contribution in [-0.2, 0) is 11.3 Å². The van der Waals surface area contributed by atoms with Gasteiger partial charge in [-0.15, -0.1) is 0 Å². The van der Waals surface area contributed by atoms with Crippen molar-refractivity contribution in [3.63, 3.8) is 0 Å². The third-order valence-corrected chi connectivity index (χ3v) is 3.17.